The number of halogens is 1. The van der Waals surface area contributed by atoms with Crippen LogP contribution in [0.2, 0.25) is 0 Å². The predicted octanol–water partition coefficient (Wildman–Crippen LogP) is 5.09. The molecule has 2 amide bonds. The first kappa shape index (κ1) is 25.2. The van der Waals surface area contributed by atoms with Gasteiger partial charge in [-0.15, -0.1) is 0 Å². The summed E-state index contributed by atoms with van der Waals surface area (Å²) in [5, 5.41) is 19.6. The lowest BCUT2D eigenvalue weighted by Gasteiger charge is -2.23. The van der Waals surface area contributed by atoms with Crippen LogP contribution in [0.5, 0.6) is 0 Å². The minimum Gasteiger partial charge on any atom is -0.393 e. The molecule has 2 heterocycles. The first-order chi connectivity index (χ1) is 17.8. The predicted molar refractivity (Wildman–Crippen MR) is 144 cm³/mol. The second kappa shape index (κ2) is 10.5. The highest BCUT2D eigenvalue weighted by atomic mass is 19.1. The summed E-state index contributed by atoms with van der Waals surface area (Å²) in [6.45, 7) is 1.75. The van der Waals surface area contributed by atoms with Crippen LogP contribution in [0, 0.1) is 12.7 Å². The molecule has 0 spiro atoms. The van der Waals surface area contributed by atoms with Gasteiger partial charge in [0.05, 0.1) is 17.3 Å². The van der Waals surface area contributed by atoms with Gasteiger partial charge < -0.3 is 25.6 Å². The quantitative estimate of drug-likeness (QED) is 0.385. The number of nitrogens with zero attached hydrogens (tertiary/aromatic N) is 2. The molecular formula is C28H34FN5O3. The van der Waals surface area contributed by atoms with E-state index in [-0.39, 0.29) is 23.3 Å². The Bertz CT molecular complexity index is 1380. The average molecular weight is 508 g/mol. The van der Waals surface area contributed by atoms with Crippen LogP contribution in [0.3, 0.4) is 0 Å². The lowest BCUT2D eigenvalue weighted by molar-refractivity contribution is 0.178. The van der Waals surface area contributed by atoms with Gasteiger partial charge in [-0.05, 0) is 68.4 Å². The smallest absolute Gasteiger partial charge is 0.319 e. The van der Waals surface area contributed by atoms with Crippen LogP contribution in [-0.4, -0.2) is 39.9 Å². The lowest BCUT2D eigenvalue weighted by atomic mass is 9.96. The topological polar surface area (TPSA) is 108 Å². The Kier molecular flexibility index (Phi) is 7.15. The number of hydrogen-bond donors (Lipinski definition) is 4. The molecule has 1 aromatic carbocycles. The van der Waals surface area contributed by atoms with E-state index < -0.39 is 18.0 Å². The summed E-state index contributed by atoms with van der Waals surface area (Å²) < 4.78 is 16.7. The van der Waals surface area contributed by atoms with Gasteiger partial charge in [0.2, 0.25) is 0 Å². The number of hydrogen-bond acceptors (Lipinski definition) is 5. The van der Waals surface area contributed by atoms with Crippen molar-refractivity contribution >= 4 is 28.4 Å². The summed E-state index contributed by atoms with van der Waals surface area (Å²) in [5.74, 6) is 0.0841. The number of benzene rings is 1. The van der Waals surface area contributed by atoms with E-state index in [0.29, 0.717) is 41.8 Å². The van der Waals surface area contributed by atoms with E-state index in [9.17, 15) is 19.1 Å². The van der Waals surface area contributed by atoms with E-state index >= 15 is 0 Å². The fraction of sp³-hybridized carbons (Fsp3) is 0.464. The summed E-state index contributed by atoms with van der Waals surface area (Å²) in [4.78, 5) is 31.0. The van der Waals surface area contributed by atoms with E-state index in [1.165, 1.54) is 18.6 Å². The van der Waals surface area contributed by atoms with Crippen LogP contribution in [-0.2, 0) is 0 Å². The second-order valence-electron chi connectivity index (χ2n) is 10.3. The Morgan fingerprint density at radius 3 is 2.57 bits per heavy atom. The molecule has 196 valence electrons. The van der Waals surface area contributed by atoms with Crippen molar-refractivity contribution in [3.8, 4) is 11.1 Å². The van der Waals surface area contributed by atoms with E-state index in [1.807, 2.05) is 6.07 Å². The second-order valence-corrected chi connectivity index (χ2v) is 10.3. The number of aliphatic hydroxyl groups is 1. The van der Waals surface area contributed by atoms with Gasteiger partial charge in [0.1, 0.15) is 11.6 Å². The third-order valence-electron chi connectivity index (χ3n) is 7.71. The highest BCUT2D eigenvalue weighted by molar-refractivity contribution is 5.92. The molecule has 5 rings (SSSR count). The molecule has 0 saturated heterocycles. The zero-order valence-corrected chi connectivity index (χ0v) is 21.3. The molecule has 3 aromatic rings. The maximum absolute atomic E-state index is 14.9. The highest BCUT2D eigenvalue weighted by Crippen LogP contribution is 2.34. The molecule has 1 unspecified atom stereocenters. The number of urea groups is 1. The molecule has 0 aliphatic heterocycles. The van der Waals surface area contributed by atoms with Crippen molar-refractivity contribution in [3.63, 3.8) is 0 Å². The van der Waals surface area contributed by atoms with Crippen LogP contribution < -0.4 is 21.5 Å². The largest absolute Gasteiger partial charge is 0.393 e. The monoisotopic (exact) mass is 507 g/mol. The van der Waals surface area contributed by atoms with Gasteiger partial charge in [-0.25, -0.2) is 14.2 Å². The summed E-state index contributed by atoms with van der Waals surface area (Å²) in [6.07, 6.45) is 8.23. The molecule has 2 saturated carbocycles. The molecule has 9 heteroatoms. The number of carbonyl (C=O) groups excluding carboxylic acids is 1. The van der Waals surface area contributed by atoms with Crippen molar-refractivity contribution in [2.24, 2.45) is 0 Å². The SMILES string of the molecule is CNc1cc2c(cn1)cc(-c1cc(NC(=O)NC3CCCCC3)c(F)cc1C)c(=O)n2C1CC[C@@H](O)C1. The summed E-state index contributed by atoms with van der Waals surface area (Å²) >= 11 is 0. The number of carbonyl (C=O) groups is 1. The van der Waals surface area contributed by atoms with Gasteiger partial charge in [0.25, 0.3) is 5.56 Å². The third-order valence-corrected chi connectivity index (χ3v) is 7.71. The van der Waals surface area contributed by atoms with Gasteiger partial charge in [-0.1, -0.05) is 19.3 Å². The number of aliphatic hydroxyl groups excluding tert-OH is 1. The summed E-state index contributed by atoms with van der Waals surface area (Å²) in [5.41, 5.74) is 2.08. The van der Waals surface area contributed by atoms with E-state index in [2.05, 4.69) is 20.9 Å². The molecule has 0 radical (unpaired) electrons. The molecule has 2 aromatic heterocycles. The van der Waals surface area contributed by atoms with E-state index in [1.54, 1.807) is 30.8 Å². The molecule has 2 aliphatic rings. The third kappa shape index (κ3) is 5.18. The number of rotatable bonds is 5. The summed E-state index contributed by atoms with van der Waals surface area (Å²) in [7, 11) is 1.77. The van der Waals surface area contributed by atoms with Crippen molar-refractivity contribution in [1.82, 2.24) is 14.9 Å². The summed E-state index contributed by atoms with van der Waals surface area (Å²) in [6, 6.07) is 5.99. The zero-order chi connectivity index (χ0) is 26.1. The Hall–Kier alpha value is -3.46. The molecular weight excluding hydrogens is 473 g/mol. The lowest BCUT2D eigenvalue weighted by Crippen LogP contribution is -2.39. The van der Waals surface area contributed by atoms with Crippen LogP contribution in [0.25, 0.3) is 22.0 Å². The van der Waals surface area contributed by atoms with Gasteiger partial charge in [-0.2, -0.15) is 0 Å². The highest BCUT2D eigenvalue weighted by Gasteiger charge is 2.28. The van der Waals surface area contributed by atoms with Crippen molar-refractivity contribution in [3.05, 3.63) is 52.2 Å². The number of aromatic nitrogens is 2. The van der Waals surface area contributed by atoms with E-state index in [4.69, 9.17) is 0 Å². The Balaban J connectivity index is 1.56. The molecule has 4 N–H and O–H groups in total. The molecule has 8 nitrogen and oxygen atoms in total. The van der Waals surface area contributed by atoms with Gasteiger partial charge >= 0.3 is 6.03 Å². The number of fused-ring (bicyclic) bond motifs is 1. The fourth-order valence-corrected chi connectivity index (χ4v) is 5.74. The Labute approximate surface area is 215 Å². The van der Waals surface area contributed by atoms with Crippen LogP contribution in [0.1, 0.15) is 63.0 Å². The van der Waals surface area contributed by atoms with Crippen LogP contribution >= 0.6 is 0 Å². The van der Waals surface area contributed by atoms with Crippen LogP contribution in [0.15, 0.2) is 35.3 Å². The maximum atomic E-state index is 14.9. The van der Waals surface area contributed by atoms with Gasteiger partial charge in [0.15, 0.2) is 0 Å². The van der Waals surface area contributed by atoms with Crippen molar-refractivity contribution in [2.45, 2.75) is 76.5 Å². The fourth-order valence-electron chi connectivity index (χ4n) is 5.74. The molecule has 2 fully saturated rings. The molecule has 0 bridgehead atoms. The van der Waals surface area contributed by atoms with Crippen molar-refractivity contribution in [1.29, 1.82) is 0 Å². The Morgan fingerprint density at radius 1 is 1.08 bits per heavy atom. The first-order valence-corrected chi connectivity index (χ1v) is 13.1. The minimum absolute atomic E-state index is 0.0277. The Morgan fingerprint density at radius 2 is 1.86 bits per heavy atom. The maximum Gasteiger partial charge on any atom is 0.319 e. The van der Waals surface area contributed by atoms with Gasteiger partial charge in [-0.3, -0.25) is 4.79 Å². The number of pyridine rings is 2. The minimum atomic E-state index is -0.555. The number of nitrogens with one attached hydrogen (secondary N) is 3. The normalized spacial score (nSPS) is 20.2. The van der Waals surface area contributed by atoms with Crippen molar-refractivity contribution < 1.29 is 14.3 Å². The average Bonchev–Trinajstić information content (AvgIpc) is 3.31. The van der Waals surface area contributed by atoms with Crippen LogP contribution in [0.4, 0.5) is 20.7 Å². The van der Waals surface area contributed by atoms with E-state index in [0.717, 1.165) is 36.6 Å². The number of amides is 2. The number of anilines is 2. The molecule has 2 aliphatic carbocycles. The number of aryl methyl sites for hydroxylation is 1. The van der Waals surface area contributed by atoms with Gasteiger partial charge in [0, 0.05) is 42.3 Å². The first-order valence-electron chi connectivity index (χ1n) is 13.1. The molecule has 2 atom stereocenters. The zero-order valence-electron chi connectivity index (χ0n) is 21.3. The molecule has 37 heavy (non-hydrogen) atoms. The standard InChI is InChI=1S/C28H34FN5O3/c1-16-10-23(29)24(33-28(37)32-18-6-4-3-5-7-18)13-21(16)22-11-17-15-31-26(30-2)14-25(17)34(27(22)36)19-8-9-20(35)12-19/h10-11,13-15,18-20,35H,3-9,12H2,1-2H3,(H,30,31)(H2,32,33,37)/t19?,20-/m1/s1. The van der Waals surface area contributed by atoms with Crippen molar-refractivity contribution in [2.75, 3.05) is 17.7 Å².